The van der Waals surface area contributed by atoms with E-state index < -0.39 is 5.41 Å². The number of hydrogen-bond donors (Lipinski definition) is 0. The van der Waals surface area contributed by atoms with Crippen molar-refractivity contribution in [2.24, 2.45) is 5.41 Å². The lowest BCUT2D eigenvalue weighted by molar-refractivity contribution is -0.138. The number of pyridine rings is 1. The second-order valence-electron chi connectivity index (χ2n) is 8.17. The Labute approximate surface area is 166 Å². The summed E-state index contributed by atoms with van der Waals surface area (Å²) in [7, 11) is 0. The standard InChI is InChI=1S/C23H27N3O2/c1-17-7-3-4-10-20(17)21(27)26-13-6-11-23(16-26)12-14-25(22(23)28)15-19-9-5-8-18(2)24-19/h3-5,7-10H,6,11-16H2,1-2H3/t23-/m0/s1. The molecule has 0 N–H and O–H groups in total. The van der Waals surface area contributed by atoms with Gasteiger partial charge in [-0.25, -0.2) is 0 Å². The van der Waals surface area contributed by atoms with Gasteiger partial charge in [-0.1, -0.05) is 24.3 Å². The van der Waals surface area contributed by atoms with Gasteiger partial charge in [0.2, 0.25) is 5.91 Å². The van der Waals surface area contributed by atoms with E-state index in [4.69, 9.17) is 0 Å². The molecule has 2 aliphatic rings. The second-order valence-corrected chi connectivity index (χ2v) is 8.17. The summed E-state index contributed by atoms with van der Waals surface area (Å²) in [5.74, 6) is 0.224. The smallest absolute Gasteiger partial charge is 0.254 e. The van der Waals surface area contributed by atoms with Crippen LogP contribution in [0.2, 0.25) is 0 Å². The fourth-order valence-corrected chi connectivity index (χ4v) is 4.59. The van der Waals surface area contributed by atoms with Crippen LogP contribution in [0, 0.1) is 19.3 Å². The van der Waals surface area contributed by atoms with Crippen LogP contribution in [0.3, 0.4) is 0 Å². The molecule has 1 aromatic carbocycles. The van der Waals surface area contributed by atoms with Gasteiger partial charge in [0.05, 0.1) is 17.7 Å². The molecule has 2 aromatic rings. The molecule has 0 radical (unpaired) electrons. The zero-order valence-electron chi connectivity index (χ0n) is 16.6. The van der Waals surface area contributed by atoms with Gasteiger partial charge in [-0.05, 0) is 56.9 Å². The van der Waals surface area contributed by atoms with Gasteiger partial charge >= 0.3 is 0 Å². The number of rotatable bonds is 3. The summed E-state index contributed by atoms with van der Waals surface area (Å²) >= 11 is 0. The Morgan fingerprint density at radius 3 is 2.68 bits per heavy atom. The predicted molar refractivity (Wildman–Crippen MR) is 108 cm³/mol. The summed E-state index contributed by atoms with van der Waals surface area (Å²) in [6, 6.07) is 13.6. The SMILES string of the molecule is Cc1cccc(CN2CC[C@]3(CCCN(C(=O)c4ccccc4C)C3)C2=O)n1. The number of aryl methyl sites for hydroxylation is 2. The fourth-order valence-electron chi connectivity index (χ4n) is 4.59. The molecule has 2 saturated heterocycles. The number of hydrogen-bond acceptors (Lipinski definition) is 3. The minimum absolute atomic E-state index is 0.0452. The van der Waals surface area contributed by atoms with E-state index in [2.05, 4.69) is 4.98 Å². The molecule has 0 aliphatic carbocycles. The Morgan fingerprint density at radius 2 is 1.89 bits per heavy atom. The maximum Gasteiger partial charge on any atom is 0.254 e. The summed E-state index contributed by atoms with van der Waals surface area (Å²) < 4.78 is 0. The molecule has 0 bridgehead atoms. The minimum atomic E-state index is -0.430. The van der Waals surface area contributed by atoms with Gasteiger partial charge in [0.1, 0.15) is 0 Å². The number of piperidine rings is 1. The van der Waals surface area contributed by atoms with Crippen molar-refractivity contribution in [2.75, 3.05) is 19.6 Å². The van der Waals surface area contributed by atoms with Gasteiger partial charge in [-0.3, -0.25) is 14.6 Å². The Balaban J connectivity index is 1.50. The summed E-state index contributed by atoms with van der Waals surface area (Å²) in [6.07, 6.45) is 2.55. The van der Waals surface area contributed by atoms with Crippen LogP contribution < -0.4 is 0 Å². The highest BCUT2D eigenvalue weighted by molar-refractivity contribution is 5.96. The molecule has 5 nitrogen and oxygen atoms in total. The summed E-state index contributed by atoms with van der Waals surface area (Å²) in [5, 5.41) is 0. The Kier molecular flexibility index (Phi) is 4.92. The van der Waals surface area contributed by atoms with Crippen LogP contribution in [0.5, 0.6) is 0 Å². The molecule has 3 heterocycles. The number of nitrogens with zero attached hydrogens (tertiary/aromatic N) is 3. The van der Waals surface area contributed by atoms with Gasteiger partial charge < -0.3 is 9.80 Å². The van der Waals surface area contributed by atoms with E-state index in [-0.39, 0.29) is 11.8 Å². The molecule has 5 heteroatoms. The third-order valence-corrected chi connectivity index (χ3v) is 6.14. The highest BCUT2D eigenvalue weighted by atomic mass is 16.2. The van der Waals surface area contributed by atoms with Gasteiger partial charge in [-0.15, -0.1) is 0 Å². The van der Waals surface area contributed by atoms with Crippen LogP contribution in [0.15, 0.2) is 42.5 Å². The van der Waals surface area contributed by atoms with Crippen LogP contribution in [-0.4, -0.2) is 46.2 Å². The predicted octanol–water partition coefficient (Wildman–Crippen LogP) is 3.35. The van der Waals surface area contributed by atoms with Crippen LogP contribution >= 0.6 is 0 Å². The van der Waals surface area contributed by atoms with E-state index in [0.29, 0.717) is 13.1 Å². The zero-order valence-corrected chi connectivity index (χ0v) is 16.6. The van der Waals surface area contributed by atoms with Crippen LogP contribution in [0.1, 0.15) is 46.6 Å². The first kappa shape index (κ1) is 18.7. The van der Waals surface area contributed by atoms with Crippen LogP contribution in [0.25, 0.3) is 0 Å². The van der Waals surface area contributed by atoms with Crippen LogP contribution in [-0.2, 0) is 11.3 Å². The number of likely N-dealkylation sites (tertiary alicyclic amines) is 2. The lowest BCUT2D eigenvalue weighted by atomic mass is 9.78. The van der Waals surface area contributed by atoms with Gasteiger partial charge in [-0.2, -0.15) is 0 Å². The van der Waals surface area contributed by atoms with E-state index in [1.807, 2.05) is 66.1 Å². The molecule has 146 valence electrons. The van der Waals surface area contributed by atoms with Crippen molar-refractivity contribution in [3.8, 4) is 0 Å². The Bertz CT molecular complexity index is 910. The van der Waals surface area contributed by atoms with Crippen molar-refractivity contribution in [1.82, 2.24) is 14.8 Å². The molecule has 1 spiro atoms. The van der Waals surface area contributed by atoms with Gasteiger partial charge in [0, 0.05) is 30.9 Å². The number of aromatic nitrogens is 1. The molecule has 0 unspecified atom stereocenters. The Hall–Kier alpha value is -2.69. The molecule has 0 saturated carbocycles. The van der Waals surface area contributed by atoms with E-state index >= 15 is 0 Å². The van der Waals surface area contributed by atoms with Crippen molar-refractivity contribution < 1.29 is 9.59 Å². The summed E-state index contributed by atoms with van der Waals surface area (Å²) in [6.45, 7) is 6.46. The van der Waals surface area contributed by atoms with Crippen molar-refractivity contribution in [2.45, 2.75) is 39.7 Å². The molecule has 4 rings (SSSR count). The number of benzene rings is 1. The molecule has 2 fully saturated rings. The summed E-state index contributed by atoms with van der Waals surface area (Å²) in [4.78, 5) is 34.7. The maximum absolute atomic E-state index is 13.3. The van der Waals surface area contributed by atoms with E-state index in [1.165, 1.54) is 0 Å². The molecule has 2 amide bonds. The highest BCUT2D eigenvalue weighted by Gasteiger charge is 2.49. The molecule has 2 aliphatic heterocycles. The molecule has 1 atom stereocenters. The van der Waals surface area contributed by atoms with Crippen molar-refractivity contribution >= 4 is 11.8 Å². The summed E-state index contributed by atoms with van der Waals surface area (Å²) in [5.41, 5.74) is 3.18. The minimum Gasteiger partial charge on any atom is -0.338 e. The monoisotopic (exact) mass is 377 g/mol. The first-order valence-electron chi connectivity index (χ1n) is 10.1. The quantitative estimate of drug-likeness (QED) is 0.824. The topological polar surface area (TPSA) is 53.5 Å². The van der Waals surface area contributed by atoms with Crippen molar-refractivity contribution in [1.29, 1.82) is 0 Å². The number of carbonyl (C=O) groups excluding carboxylic acids is 2. The Morgan fingerprint density at radius 1 is 1.07 bits per heavy atom. The molecule has 28 heavy (non-hydrogen) atoms. The average molecular weight is 377 g/mol. The molecular weight excluding hydrogens is 350 g/mol. The van der Waals surface area contributed by atoms with Gasteiger partial charge in [0.15, 0.2) is 0 Å². The average Bonchev–Trinajstić information content (AvgIpc) is 2.97. The van der Waals surface area contributed by atoms with Crippen molar-refractivity contribution in [3.63, 3.8) is 0 Å². The van der Waals surface area contributed by atoms with E-state index in [0.717, 1.165) is 54.9 Å². The first-order valence-corrected chi connectivity index (χ1v) is 10.1. The first-order chi connectivity index (χ1) is 13.5. The number of amides is 2. The van der Waals surface area contributed by atoms with Crippen LogP contribution in [0.4, 0.5) is 0 Å². The van der Waals surface area contributed by atoms with Crippen molar-refractivity contribution in [3.05, 3.63) is 65.0 Å². The lowest BCUT2D eigenvalue weighted by Gasteiger charge is -2.39. The lowest BCUT2D eigenvalue weighted by Crippen LogP contribution is -2.49. The van der Waals surface area contributed by atoms with Gasteiger partial charge in [0.25, 0.3) is 5.91 Å². The fraction of sp³-hybridized carbons (Fsp3) is 0.435. The number of carbonyl (C=O) groups is 2. The normalized spacial score (nSPS) is 22.1. The molecular formula is C23H27N3O2. The second kappa shape index (κ2) is 7.38. The largest absolute Gasteiger partial charge is 0.338 e. The zero-order chi connectivity index (χ0) is 19.7. The maximum atomic E-state index is 13.3. The highest BCUT2D eigenvalue weighted by Crippen LogP contribution is 2.41. The molecule has 1 aromatic heterocycles. The van der Waals surface area contributed by atoms with E-state index in [9.17, 15) is 9.59 Å². The third kappa shape index (κ3) is 3.41. The third-order valence-electron chi connectivity index (χ3n) is 6.14. The van der Waals surface area contributed by atoms with E-state index in [1.54, 1.807) is 0 Å².